The predicted octanol–water partition coefficient (Wildman–Crippen LogP) is 5.75. The van der Waals surface area contributed by atoms with Gasteiger partial charge in [-0.1, -0.05) is 36.4 Å². The van der Waals surface area contributed by atoms with E-state index in [0.29, 0.717) is 24.2 Å². The van der Waals surface area contributed by atoms with Gasteiger partial charge >= 0.3 is 5.97 Å². The molecule has 1 amide bonds. The fourth-order valence-corrected chi connectivity index (χ4v) is 4.59. The van der Waals surface area contributed by atoms with E-state index in [-0.39, 0.29) is 11.9 Å². The van der Waals surface area contributed by atoms with E-state index in [0.717, 1.165) is 49.9 Å². The zero-order valence-corrected chi connectivity index (χ0v) is 20.4. The van der Waals surface area contributed by atoms with Crippen LogP contribution in [0.3, 0.4) is 0 Å². The Morgan fingerprint density at radius 1 is 1.00 bits per heavy atom. The minimum absolute atomic E-state index is 0.220. The third-order valence-electron chi connectivity index (χ3n) is 6.32. The number of anilines is 1. The van der Waals surface area contributed by atoms with Gasteiger partial charge in [0.2, 0.25) is 0 Å². The number of H-pyrrole nitrogens is 1. The number of aryl methyl sites for hydroxylation is 3. The lowest BCUT2D eigenvalue weighted by Gasteiger charge is -2.10. The van der Waals surface area contributed by atoms with Crippen molar-refractivity contribution >= 4 is 39.5 Å². The maximum absolute atomic E-state index is 13.0. The number of pyridine rings is 1. The highest BCUT2D eigenvalue weighted by atomic mass is 16.5. The summed E-state index contributed by atoms with van der Waals surface area (Å²) in [5.41, 5.74) is 6.28. The Morgan fingerprint density at radius 3 is 2.56 bits per heavy atom. The summed E-state index contributed by atoms with van der Waals surface area (Å²) in [5, 5.41) is 4.84. The van der Waals surface area contributed by atoms with Crippen LogP contribution in [0.4, 0.5) is 5.82 Å². The summed E-state index contributed by atoms with van der Waals surface area (Å²) in [6.07, 6.45) is 2.66. The summed E-state index contributed by atoms with van der Waals surface area (Å²) >= 11 is 0. The third-order valence-corrected chi connectivity index (χ3v) is 6.32. The number of amides is 1. The lowest BCUT2D eigenvalue weighted by molar-refractivity contribution is -0.140. The zero-order valence-electron chi connectivity index (χ0n) is 20.4. The lowest BCUT2D eigenvalue weighted by atomic mass is 9.97. The first kappa shape index (κ1) is 23.2. The molecule has 0 spiro atoms. The Kier molecular flexibility index (Phi) is 6.21. The number of fused-ring (bicyclic) bond motifs is 2. The number of aromatic amines is 1. The molecule has 0 saturated carbocycles. The average molecular weight is 479 g/mol. The number of methoxy groups -OCH3 is 1. The van der Waals surface area contributed by atoms with Gasteiger partial charge in [-0.15, -0.1) is 0 Å². The Labute approximate surface area is 208 Å². The topological polar surface area (TPSA) is 97.0 Å². The van der Waals surface area contributed by atoms with E-state index in [4.69, 9.17) is 9.72 Å². The van der Waals surface area contributed by atoms with Crippen molar-refractivity contribution in [1.29, 1.82) is 0 Å². The van der Waals surface area contributed by atoms with Crippen molar-refractivity contribution in [1.82, 2.24) is 15.0 Å². The van der Waals surface area contributed by atoms with Gasteiger partial charge in [-0.2, -0.15) is 0 Å². The summed E-state index contributed by atoms with van der Waals surface area (Å²) in [4.78, 5) is 37.1. The summed E-state index contributed by atoms with van der Waals surface area (Å²) < 4.78 is 4.75. The predicted molar refractivity (Wildman–Crippen MR) is 141 cm³/mol. The van der Waals surface area contributed by atoms with Gasteiger partial charge < -0.3 is 15.0 Å². The van der Waals surface area contributed by atoms with Crippen LogP contribution in [0.2, 0.25) is 0 Å². The standard InChI is InChI=1S/C29H26N4O3/c1-17-14-19(8-11-25(34)36-3)15-18(2)26(17)28-31-23-10-9-21(16-24(23)32-28)29(35)33-27-22-7-5-4-6-20(22)12-13-30-27/h4-7,9-10,12-16H,8,11H2,1-3H3,(H,31,32)(H,30,33,35). The first-order valence-electron chi connectivity index (χ1n) is 11.7. The molecule has 0 bridgehead atoms. The molecule has 36 heavy (non-hydrogen) atoms. The van der Waals surface area contributed by atoms with Gasteiger partial charge in [-0.05, 0) is 66.6 Å². The number of aromatic nitrogens is 3. The first-order chi connectivity index (χ1) is 17.4. The molecule has 5 rings (SSSR count). The van der Waals surface area contributed by atoms with Gasteiger partial charge in [0.15, 0.2) is 0 Å². The number of esters is 1. The van der Waals surface area contributed by atoms with Crippen LogP contribution in [-0.4, -0.2) is 33.9 Å². The van der Waals surface area contributed by atoms with Crippen LogP contribution in [0.25, 0.3) is 33.2 Å². The maximum atomic E-state index is 13.0. The molecule has 7 heteroatoms. The molecule has 0 atom stereocenters. The smallest absolute Gasteiger partial charge is 0.305 e. The highest BCUT2D eigenvalue weighted by Gasteiger charge is 2.15. The van der Waals surface area contributed by atoms with Crippen LogP contribution in [0, 0.1) is 13.8 Å². The summed E-state index contributed by atoms with van der Waals surface area (Å²) in [6, 6.07) is 19.3. The van der Waals surface area contributed by atoms with Crippen molar-refractivity contribution in [3.05, 3.63) is 89.1 Å². The van der Waals surface area contributed by atoms with Crippen LogP contribution in [-0.2, 0) is 16.0 Å². The van der Waals surface area contributed by atoms with Crippen molar-refractivity contribution in [3.8, 4) is 11.4 Å². The van der Waals surface area contributed by atoms with E-state index in [1.807, 2.05) is 56.3 Å². The highest BCUT2D eigenvalue weighted by molar-refractivity contribution is 6.09. The number of carbonyl (C=O) groups excluding carboxylic acids is 2. The molecule has 2 N–H and O–H groups in total. The Hall–Kier alpha value is -4.52. The highest BCUT2D eigenvalue weighted by Crippen LogP contribution is 2.29. The van der Waals surface area contributed by atoms with Crippen LogP contribution in [0.1, 0.15) is 33.5 Å². The Bertz CT molecular complexity index is 1590. The van der Waals surface area contributed by atoms with Crippen molar-refractivity contribution in [2.75, 3.05) is 12.4 Å². The quantitative estimate of drug-likeness (QED) is 0.303. The largest absolute Gasteiger partial charge is 0.469 e. The minimum Gasteiger partial charge on any atom is -0.469 e. The van der Waals surface area contributed by atoms with E-state index in [9.17, 15) is 9.59 Å². The minimum atomic E-state index is -0.237. The molecule has 3 aromatic carbocycles. The van der Waals surface area contributed by atoms with Crippen molar-refractivity contribution in [2.24, 2.45) is 0 Å². The molecule has 0 fully saturated rings. The van der Waals surface area contributed by atoms with Gasteiger partial charge in [-0.3, -0.25) is 9.59 Å². The van der Waals surface area contributed by atoms with E-state index < -0.39 is 0 Å². The normalized spacial score (nSPS) is 11.1. The number of nitrogens with one attached hydrogen (secondary N) is 2. The molecule has 0 aliphatic heterocycles. The number of rotatable bonds is 6. The fraction of sp³-hybridized carbons (Fsp3) is 0.172. The molecule has 0 unspecified atom stereocenters. The van der Waals surface area contributed by atoms with E-state index in [2.05, 4.69) is 27.4 Å². The van der Waals surface area contributed by atoms with Crippen molar-refractivity contribution < 1.29 is 14.3 Å². The third kappa shape index (κ3) is 4.55. The Balaban J connectivity index is 1.41. The molecule has 2 aromatic heterocycles. The second kappa shape index (κ2) is 9.62. The molecular weight excluding hydrogens is 452 g/mol. The van der Waals surface area contributed by atoms with Crippen molar-refractivity contribution in [3.63, 3.8) is 0 Å². The second-order valence-electron chi connectivity index (χ2n) is 8.83. The van der Waals surface area contributed by atoms with Gasteiger partial charge in [0.25, 0.3) is 5.91 Å². The summed E-state index contributed by atoms with van der Waals surface area (Å²) in [7, 11) is 1.40. The molecule has 0 saturated heterocycles. The number of imidazole rings is 1. The molecule has 7 nitrogen and oxygen atoms in total. The number of hydrogen-bond donors (Lipinski definition) is 2. The molecule has 0 aliphatic rings. The molecule has 0 radical (unpaired) electrons. The number of hydrogen-bond acceptors (Lipinski definition) is 5. The van der Waals surface area contributed by atoms with Crippen LogP contribution < -0.4 is 5.32 Å². The van der Waals surface area contributed by atoms with Gasteiger partial charge in [0, 0.05) is 29.1 Å². The molecule has 5 aromatic rings. The SMILES string of the molecule is COC(=O)CCc1cc(C)c(-c2nc3ccc(C(=O)Nc4nccc5ccccc45)cc3[nH]2)c(C)c1. The molecule has 180 valence electrons. The average Bonchev–Trinajstić information content (AvgIpc) is 3.29. The van der Waals surface area contributed by atoms with Crippen LogP contribution >= 0.6 is 0 Å². The Morgan fingerprint density at radius 2 is 1.78 bits per heavy atom. The van der Waals surface area contributed by atoms with E-state index in [1.165, 1.54) is 7.11 Å². The van der Waals surface area contributed by atoms with Gasteiger partial charge in [-0.25, -0.2) is 9.97 Å². The van der Waals surface area contributed by atoms with Gasteiger partial charge in [0.1, 0.15) is 11.6 Å². The zero-order chi connectivity index (χ0) is 25.2. The van der Waals surface area contributed by atoms with Crippen LogP contribution in [0.15, 0.2) is 66.9 Å². The summed E-state index contributed by atoms with van der Waals surface area (Å²) in [6.45, 7) is 4.07. The number of benzene rings is 3. The molecule has 0 aliphatic carbocycles. The lowest BCUT2D eigenvalue weighted by Crippen LogP contribution is -2.13. The molecular formula is C29H26N4O3. The van der Waals surface area contributed by atoms with Gasteiger partial charge in [0.05, 0.1) is 18.1 Å². The molecule has 2 heterocycles. The number of ether oxygens (including phenoxy) is 1. The monoisotopic (exact) mass is 478 g/mol. The van der Waals surface area contributed by atoms with Crippen molar-refractivity contribution in [2.45, 2.75) is 26.7 Å². The first-order valence-corrected chi connectivity index (χ1v) is 11.7. The second-order valence-corrected chi connectivity index (χ2v) is 8.83. The maximum Gasteiger partial charge on any atom is 0.305 e. The number of nitrogens with zero attached hydrogens (tertiary/aromatic N) is 2. The van der Waals surface area contributed by atoms with E-state index in [1.54, 1.807) is 12.3 Å². The summed E-state index contributed by atoms with van der Waals surface area (Å²) in [5.74, 6) is 0.816. The fourth-order valence-electron chi connectivity index (χ4n) is 4.59. The van der Waals surface area contributed by atoms with Crippen LogP contribution in [0.5, 0.6) is 0 Å². The van der Waals surface area contributed by atoms with E-state index >= 15 is 0 Å². The number of carbonyl (C=O) groups is 2.